The summed E-state index contributed by atoms with van der Waals surface area (Å²) in [5, 5.41) is 37.5. The molecule has 7 atom stereocenters. The number of aromatic nitrogens is 8. The molecule has 2 aliphatic heterocycles. The van der Waals surface area contributed by atoms with Crippen LogP contribution in [0, 0.1) is 11.8 Å². The molecular weight excluding hydrogens is 696 g/mol. The van der Waals surface area contributed by atoms with Gasteiger partial charge in [0.2, 0.25) is 25.1 Å². The van der Waals surface area contributed by atoms with Crippen LogP contribution in [0.1, 0.15) is 64.0 Å². The summed E-state index contributed by atoms with van der Waals surface area (Å²) in [5.74, 6) is -1.04. The van der Waals surface area contributed by atoms with E-state index in [1.165, 1.54) is 28.9 Å². The Morgan fingerprint density at radius 1 is 0.980 bits per heavy atom. The molecule has 4 aromatic heterocycles. The predicted octanol–water partition coefficient (Wildman–Crippen LogP) is 0.201. The van der Waals surface area contributed by atoms with Crippen LogP contribution < -0.4 is 21.8 Å². The first kappa shape index (κ1) is 35.1. The zero-order valence-electron chi connectivity index (χ0n) is 32.4. The minimum absolute atomic E-state index is 0.0187. The van der Waals surface area contributed by atoms with E-state index in [0.717, 1.165) is 0 Å². The lowest BCUT2D eigenvalue weighted by atomic mass is 10.2. The lowest BCUT2D eigenvalue weighted by molar-refractivity contribution is -0.119. The van der Waals surface area contributed by atoms with Crippen LogP contribution >= 0.6 is 11.6 Å². The van der Waals surface area contributed by atoms with E-state index in [1.54, 1.807) is 27.7 Å². The minimum atomic E-state index is -1.19. The normalized spacial score (nSPS) is 24.2. The Hall–Kier alpha value is -4.31. The van der Waals surface area contributed by atoms with Gasteiger partial charge in [-0.15, -0.1) is 11.6 Å². The minimum Gasteiger partial charge on any atom is -0.400 e. The summed E-state index contributed by atoms with van der Waals surface area (Å²) in [4.78, 5) is 69.3. The van der Waals surface area contributed by atoms with Gasteiger partial charge < -0.3 is 29.9 Å². The number of aromatic amines is 2. The second kappa shape index (κ2) is 18.3. The van der Waals surface area contributed by atoms with E-state index >= 15 is 0 Å². The zero-order valence-corrected chi connectivity index (χ0v) is 29.2. The molecule has 0 aliphatic carbocycles. The molecule has 4 aromatic rings. The van der Waals surface area contributed by atoms with E-state index < -0.39 is 54.3 Å². The summed E-state index contributed by atoms with van der Waals surface area (Å²) in [6.07, 6.45) is -1.93. The standard InChI is InChI=1S/C14H19N5O5.C14H19N5O4.CH3Cl.CH4O/c1-6(2)12(22)17-14-16-11-10(13(23)18-14)15-5-19(11)9-3-7(21)8(4-20)24-9;1-6(2)12(21)17-14-16-11-10(13(22)18-14)15-5-19(11)9-4-8(20)7(3)23-9;2*1-2/h5-9,20-21H,3-4H2,1-2H3,(H2,16,17,18,22,23);5-9,20H,4H2,1-3H3,(H2,16,17,18,21,22);1H3;2H,1H3/t7-,8?,9?;7?,8-,9?;;/m11../s1/i;3D;1TD;2T. The van der Waals surface area contributed by atoms with Gasteiger partial charge in [0.15, 0.2) is 22.3 Å². The number of hydrogen-bond donors (Lipinski definition) is 8. The lowest BCUT2D eigenvalue weighted by Gasteiger charge is -2.14. The number of carbonyl (C=O) groups is 2. The fourth-order valence-corrected chi connectivity index (χ4v) is 4.85. The number of carbonyl (C=O) groups excluding carboxylic acids is 2. The second-order valence-electron chi connectivity index (χ2n) is 11.8. The number of hydrogen-bond acceptors (Lipinski definition) is 14. The summed E-state index contributed by atoms with van der Waals surface area (Å²) in [7, 11) is 1.29. The smallest absolute Gasteiger partial charge is 0.280 e. The highest BCUT2D eigenvalue weighted by Gasteiger charge is 2.36. The molecule has 0 aromatic carbocycles. The van der Waals surface area contributed by atoms with Crippen molar-refractivity contribution in [1.82, 2.24) is 39.0 Å². The summed E-state index contributed by atoms with van der Waals surface area (Å²) < 4.78 is 39.3. The van der Waals surface area contributed by atoms with Crippen molar-refractivity contribution >= 4 is 57.6 Å². The summed E-state index contributed by atoms with van der Waals surface area (Å²) >= 11 is 4.61. The highest BCUT2D eigenvalue weighted by atomic mass is 35.5. The van der Waals surface area contributed by atoms with Crippen molar-refractivity contribution < 1.29 is 43.6 Å². The van der Waals surface area contributed by atoms with E-state index in [9.17, 15) is 34.5 Å². The Bertz CT molecular complexity index is 1860. The van der Waals surface area contributed by atoms with Crippen LogP contribution in [0.15, 0.2) is 22.2 Å². The largest absolute Gasteiger partial charge is 0.400 e. The molecule has 6 heterocycles. The molecule has 2 saturated heterocycles. The molecule has 2 amide bonds. The van der Waals surface area contributed by atoms with Crippen LogP contribution in [-0.2, 0) is 19.1 Å². The van der Waals surface area contributed by atoms with E-state index in [1.807, 2.05) is 0 Å². The van der Waals surface area contributed by atoms with Gasteiger partial charge in [-0.1, -0.05) is 27.7 Å². The predicted molar refractivity (Wildman–Crippen MR) is 185 cm³/mol. The molecule has 21 heteroatoms. The van der Waals surface area contributed by atoms with Gasteiger partial charge in [-0.25, -0.2) is 9.97 Å². The maximum absolute atomic E-state index is 12.1. The SMILES string of the molecule is CC(C)C(=O)Nc1nc2c(ncn2C2C[C@@H](O)C(CO)O2)c(=O)[nH]1.[2H]C([3H])Cl.[2H]CC1OC(n2cnc3c(=O)[nH]c(NC(=O)C(C)C)nc32)C[C@H]1O.[3H]OC. The highest BCUT2D eigenvalue weighted by Crippen LogP contribution is 2.31. The average molecular weight is 747 g/mol. The molecule has 2 aliphatic rings. The van der Waals surface area contributed by atoms with Crippen molar-refractivity contribution in [3.05, 3.63) is 33.4 Å². The van der Waals surface area contributed by atoms with Crippen molar-refractivity contribution in [1.29, 1.82) is 1.43 Å². The average Bonchev–Trinajstić information content (AvgIpc) is 3.90. The molecule has 2 fully saturated rings. The fraction of sp³-hybridized carbons (Fsp3) is 0.600. The first-order chi connectivity index (χ1) is 25.9. The van der Waals surface area contributed by atoms with Gasteiger partial charge >= 0.3 is 0 Å². The summed E-state index contributed by atoms with van der Waals surface area (Å²) in [6.45, 7) is 6.52. The van der Waals surface area contributed by atoms with Gasteiger partial charge in [-0.3, -0.25) is 48.9 Å². The van der Waals surface area contributed by atoms with Crippen molar-refractivity contribution in [3.8, 4) is 0 Å². The van der Waals surface area contributed by atoms with Crippen molar-refractivity contribution in [2.75, 3.05) is 30.7 Å². The molecule has 0 radical (unpaired) electrons. The summed E-state index contributed by atoms with van der Waals surface area (Å²) in [5.41, 5.74) is -0.272. The van der Waals surface area contributed by atoms with Crippen molar-refractivity contribution in [2.45, 2.75) is 84.3 Å². The molecule has 51 heavy (non-hydrogen) atoms. The Balaban J connectivity index is 0.000000253. The van der Waals surface area contributed by atoms with E-state index in [2.05, 4.69) is 57.2 Å². The maximum Gasteiger partial charge on any atom is 0.280 e. The van der Waals surface area contributed by atoms with E-state index in [0.29, 0.717) is 0 Å². The molecule has 5 unspecified atom stereocenters. The lowest BCUT2D eigenvalue weighted by Crippen LogP contribution is -2.24. The number of aliphatic hydroxyl groups excluding tert-OH is 4. The van der Waals surface area contributed by atoms with Crippen LogP contribution in [-0.4, -0.2) is 117 Å². The second-order valence-corrected chi connectivity index (χ2v) is 11.8. The molecule has 8 N–H and O–H groups in total. The van der Waals surface area contributed by atoms with Gasteiger partial charge in [-0.2, -0.15) is 9.97 Å². The molecule has 282 valence electrons. The quantitative estimate of drug-likeness (QED) is 0.117. The number of halogens is 1. The number of nitrogens with one attached hydrogen (secondary N) is 4. The molecular formula is C30H45ClN10O10. The summed E-state index contributed by atoms with van der Waals surface area (Å²) in [6, 6.07) is 0. The number of imidazole rings is 2. The van der Waals surface area contributed by atoms with Gasteiger partial charge in [0.05, 0.1) is 37.6 Å². The molecule has 6 rings (SSSR count). The molecule has 0 saturated carbocycles. The number of nitrogens with zero attached hydrogens (tertiary/aromatic N) is 6. The van der Waals surface area contributed by atoms with Crippen LogP contribution in [0.5, 0.6) is 0 Å². The van der Waals surface area contributed by atoms with Crippen molar-refractivity contribution in [3.63, 3.8) is 0 Å². The van der Waals surface area contributed by atoms with E-state index in [4.69, 9.17) is 15.0 Å². The fourth-order valence-electron chi connectivity index (χ4n) is 4.85. The van der Waals surface area contributed by atoms with Crippen LogP contribution in [0.2, 0.25) is 0 Å². The number of amides is 2. The number of anilines is 2. The van der Waals surface area contributed by atoms with Gasteiger partial charge in [0, 0.05) is 42.2 Å². The topological polar surface area (TPSA) is 285 Å². The third kappa shape index (κ3) is 9.52. The number of alkyl halides is 1. The Morgan fingerprint density at radius 2 is 1.41 bits per heavy atom. The number of fused-ring (bicyclic) bond motifs is 2. The molecule has 0 bridgehead atoms. The zero-order chi connectivity index (χ0) is 41.1. The van der Waals surface area contributed by atoms with Crippen LogP contribution in [0.25, 0.3) is 22.3 Å². The van der Waals surface area contributed by atoms with Gasteiger partial charge in [0.1, 0.15) is 18.6 Å². The third-order valence-electron chi connectivity index (χ3n) is 7.61. The molecule has 0 spiro atoms. The Morgan fingerprint density at radius 3 is 1.78 bits per heavy atom. The Kier molecular flexibility index (Phi) is 12.6. The van der Waals surface area contributed by atoms with Gasteiger partial charge in [0.25, 0.3) is 11.1 Å². The van der Waals surface area contributed by atoms with E-state index in [-0.39, 0.29) is 84.2 Å². The van der Waals surface area contributed by atoms with Crippen molar-refractivity contribution in [2.24, 2.45) is 11.8 Å². The monoisotopic (exact) mass is 746 g/mol. The number of H-pyrrole nitrogens is 2. The van der Waals surface area contributed by atoms with Crippen LogP contribution in [0.3, 0.4) is 0 Å². The number of ether oxygens (including phenoxy) is 2. The number of aliphatic hydroxyl groups is 4. The first-order valence-corrected chi connectivity index (χ1v) is 16.0. The van der Waals surface area contributed by atoms with Gasteiger partial charge in [-0.05, 0) is 6.90 Å². The Labute approximate surface area is 301 Å². The number of rotatable bonds is 7. The third-order valence-corrected chi connectivity index (χ3v) is 7.61. The first-order valence-electron chi connectivity index (χ1n) is 17.8. The maximum atomic E-state index is 12.1. The molecule has 20 nitrogen and oxygen atoms in total. The van der Waals surface area contributed by atoms with Crippen LogP contribution in [0.4, 0.5) is 11.9 Å². The highest BCUT2D eigenvalue weighted by molar-refractivity contribution is 6.15.